The fraction of sp³-hybridized carbons (Fsp3) is 0.227. The van der Waals surface area contributed by atoms with E-state index in [-0.39, 0.29) is 29.5 Å². The normalized spacial score (nSPS) is 14.1. The number of carbonyl (C=O) groups is 2. The number of nitrogens with zero attached hydrogens (tertiary/aromatic N) is 2. The SMILES string of the molecule is Cc1c(C(=O)NCc2ccco2)oc2c1/C(=N/NC(=O)c1ccc([N+](=O)[O-])cc1)CCC2. The molecular formula is C22H20N4O6. The molecule has 0 atom stereocenters. The van der Waals surface area contributed by atoms with Gasteiger partial charge in [0.25, 0.3) is 17.5 Å². The Morgan fingerprint density at radius 1 is 1.16 bits per heavy atom. The largest absolute Gasteiger partial charge is 0.467 e. The molecule has 164 valence electrons. The highest BCUT2D eigenvalue weighted by Crippen LogP contribution is 2.30. The first kappa shape index (κ1) is 21.0. The molecule has 2 heterocycles. The second kappa shape index (κ2) is 8.88. The summed E-state index contributed by atoms with van der Waals surface area (Å²) in [5.41, 5.74) is 4.64. The van der Waals surface area contributed by atoms with E-state index >= 15 is 0 Å². The monoisotopic (exact) mass is 436 g/mol. The number of benzene rings is 1. The summed E-state index contributed by atoms with van der Waals surface area (Å²) in [6.45, 7) is 2.02. The Bertz CT molecular complexity index is 1190. The minimum Gasteiger partial charge on any atom is -0.467 e. The molecule has 2 amide bonds. The van der Waals surface area contributed by atoms with Gasteiger partial charge in [-0.2, -0.15) is 5.10 Å². The van der Waals surface area contributed by atoms with Gasteiger partial charge in [-0.15, -0.1) is 0 Å². The van der Waals surface area contributed by atoms with E-state index in [1.165, 1.54) is 30.5 Å². The predicted octanol–water partition coefficient (Wildman–Crippen LogP) is 3.49. The first-order valence-electron chi connectivity index (χ1n) is 9.98. The van der Waals surface area contributed by atoms with Gasteiger partial charge < -0.3 is 14.2 Å². The summed E-state index contributed by atoms with van der Waals surface area (Å²) in [4.78, 5) is 35.2. The molecule has 0 saturated heterocycles. The minimum atomic E-state index is -0.532. The zero-order valence-corrected chi connectivity index (χ0v) is 17.2. The average Bonchev–Trinajstić information content (AvgIpc) is 3.44. The van der Waals surface area contributed by atoms with Gasteiger partial charge in [0.05, 0.1) is 23.4 Å². The van der Waals surface area contributed by atoms with Crippen molar-refractivity contribution in [1.29, 1.82) is 0 Å². The van der Waals surface area contributed by atoms with Gasteiger partial charge in [-0.3, -0.25) is 19.7 Å². The molecule has 10 nitrogen and oxygen atoms in total. The maximum Gasteiger partial charge on any atom is 0.287 e. The molecule has 0 fully saturated rings. The lowest BCUT2D eigenvalue weighted by Gasteiger charge is -2.13. The maximum atomic E-state index is 12.6. The fourth-order valence-electron chi connectivity index (χ4n) is 3.57. The second-order valence-electron chi connectivity index (χ2n) is 7.27. The third-order valence-electron chi connectivity index (χ3n) is 5.17. The van der Waals surface area contributed by atoms with Crippen LogP contribution in [0, 0.1) is 17.0 Å². The van der Waals surface area contributed by atoms with Crippen molar-refractivity contribution in [3.8, 4) is 0 Å². The number of hydrogen-bond donors (Lipinski definition) is 2. The molecule has 1 aliphatic rings. The van der Waals surface area contributed by atoms with Gasteiger partial charge in [-0.05, 0) is 44.0 Å². The molecule has 1 aromatic carbocycles. The lowest BCUT2D eigenvalue weighted by molar-refractivity contribution is -0.384. The van der Waals surface area contributed by atoms with Crippen LogP contribution >= 0.6 is 0 Å². The summed E-state index contributed by atoms with van der Waals surface area (Å²) in [5, 5.41) is 17.8. The number of amides is 2. The first-order chi connectivity index (χ1) is 15.4. The van der Waals surface area contributed by atoms with Crippen LogP contribution in [-0.2, 0) is 13.0 Å². The molecule has 0 spiro atoms. The number of hydrazone groups is 1. The third kappa shape index (κ3) is 4.29. The third-order valence-corrected chi connectivity index (χ3v) is 5.17. The smallest absolute Gasteiger partial charge is 0.287 e. The van der Waals surface area contributed by atoms with Crippen molar-refractivity contribution >= 4 is 23.2 Å². The number of nitrogens with one attached hydrogen (secondary N) is 2. The highest BCUT2D eigenvalue weighted by atomic mass is 16.6. The van der Waals surface area contributed by atoms with Crippen molar-refractivity contribution in [2.45, 2.75) is 32.7 Å². The number of carbonyl (C=O) groups excluding carboxylic acids is 2. The number of non-ortho nitro benzene ring substituents is 1. The number of hydrogen-bond acceptors (Lipinski definition) is 7. The molecule has 0 bridgehead atoms. The van der Waals surface area contributed by atoms with Crippen molar-refractivity contribution in [3.05, 3.63) is 86.7 Å². The summed E-state index contributed by atoms with van der Waals surface area (Å²) in [5.74, 6) is 0.640. The van der Waals surface area contributed by atoms with E-state index in [1.807, 2.05) is 0 Å². The van der Waals surface area contributed by atoms with Crippen LogP contribution in [0.1, 0.15) is 56.4 Å². The zero-order chi connectivity index (χ0) is 22.7. The van der Waals surface area contributed by atoms with Crippen molar-refractivity contribution in [2.24, 2.45) is 5.10 Å². The van der Waals surface area contributed by atoms with E-state index in [1.54, 1.807) is 19.1 Å². The number of aryl methyl sites for hydroxylation is 1. The van der Waals surface area contributed by atoms with Crippen LogP contribution < -0.4 is 10.7 Å². The van der Waals surface area contributed by atoms with Crippen LogP contribution in [0.15, 0.2) is 56.6 Å². The maximum absolute atomic E-state index is 12.6. The summed E-state index contributed by atoms with van der Waals surface area (Å²) < 4.78 is 11.0. The van der Waals surface area contributed by atoms with Crippen LogP contribution in [0.4, 0.5) is 5.69 Å². The Morgan fingerprint density at radius 2 is 1.94 bits per heavy atom. The molecule has 0 aliphatic heterocycles. The Hall–Kier alpha value is -4.21. The van der Waals surface area contributed by atoms with Gasteiger partial charge >= 0.3 is 0 Å². The molecule has 0 radical (unpaired) electrons. The molecule has 32 heavy (non-hydrogen) atoms. The quantitative estimate of drug-likeness (QED) is 0.448. The predicted molar refractivity (Wildman–Crippen MR) is 113 cm³/mol. The average molecular weight is 436 g/mol. The molecular weight excluding hydrogens is 416 g/mol. The summed E-state index contributed by atoms with van der Waals surface area (Å²) in [7, 11) is 0. The number of nitro groups is 1. The summed E-state index contributed by atoms with van der Waals surface area (Å²) >= 11 is 0. The highest BCUT2D eigenvalue weighted by molar-refractivity contribution is 6.07. The van der Waals surface area contributed by atoms with E-state index in [2.05, 4.69) is 15.8 Å². The Morgan fingerprint density at radius 3 is 2.62 bits per heavy atom. The van der Waals surface area contributed by atoms with Gasteiger partial charge in [0.2, 0.25) is 0 Å². The van der Waals surface area contributed by atoms with E-state index in [4.69, 9.17) is 8.83 Å². The minimum absolute atomic E-state index is 0.100. The van der Waals surface area contributed by atoms with Gasteiger partial charge in [0.15, 0.2) is 5.76 Å². The molecule has 2 aromatic heterocycles. The van der Waals surface area contributed by atoms with Crippen molar-refractivity contribution < 1.29 is 23.3 Å². The van der Waals surface area contributed by atoms with Crippen LogP contribution in [0.25, 0.3) is 0 Å². The van der Waals surface area contributed by atoms with Crippen LogP contribution in [0.5, 0.6) is 0 Å². The Kier molecular flexibility index (Phi) is 5.84. The van der Waals surface area contributed by atoms with E-state index < -0.39 is 10.8 Å². The van der Waals surface area contributed by atoms with Gasteiger partial charge in [0, 0.05) is 35.2 Å². The standard InChI is InChI=1S/C22H20N4O6/c1-13-19-17(24-25-21(27)14-7-9-15(10-8-14)26(29)30)5-2-6-18(19)32-20(13)22(28)23-12-16-4-3-11-31-16/h3-4,7-11H,2,5-6,12H2,1H3,(H,23,28)(H,25,27)/b24-17+. The highest BCUT2D eigenvalue weighted by Gasteiger charge is 2.28. The van der Waals surface area contributed by atoms with E-state index in [9.17, 15) is 19.7 Å². The molecule has 0 unspecified atom stereocenters. The van der Waals surface area contributed by atoms with Gasteiger partial charge in [-0.1, -0.05) is 0 Å². The number of fused-ring (bicyclic) bond motifs is 1. The van der Waals surface area contributed by atoms with Crippen molar-refractivity contribution in [1.82, 2.24) is 10.7 Å². The van der Waals surface area contributed by atoms with Crippen LogP contribution in [0.3, 0.4) is 0 Å². The lowest BCUT2D eigenvalue weighted by atomic mass is 9.93. The van der Waals surface area contributed by atoms with Gasteiger partial charge in [-0.25, -0.2) is 5.43 Å². The zero-order valence-electron chi connectivity index (χ0n) is 17.2. The molecule has 4 rings (SSSR count). The van der Waals surface area contributed by atoms with E-state index in [0.717, 1.165) is 12.0 Å². The molecule has 2 N–H and O–H groups in total. The van der Waals surface area contributed by atoms with Crippen LogP contribution in [0.2, 0.25) is 0 Å². The lowest BCUT2D eigenvalue weighted by Crippen LogP contribution is -2.23. The number of rotatable bonds is 6. The summed E-state index contributed by atoms with van der Waals surface area (Å²) in [6, 6.07) is 8.75. The Labute approximate surface area is 182 Å². The fourth-order valence-corrected chi connectivity index (χ4v) is 3.57. The molecule has 0 saturated carbocycles. The van der Waals surface area contributed by atoms with Crippen LogP contribution in [-0.4, -0.2) is 22.4 Å². The molecule has 10 heteroatoms. The van der Waals surface area contributed by atoms with Crippen molar-refractivity contribution in [3.63, 3.8) is 0 Å². The topological polar surface area (TPSA) is 140 Å². The number of furan rings is 2. The second-order valence-corrected chi connectivity index (χ2v) is 7.27. The molecule has 1 aliphatic carbocycles. The Balaban J connectivity index is 1.50. The van der Waals surface area contributed by atoms with Gasteiger partial charge in [0.1, 0.15) is 11.5 Å². The first-order valence-corrected chi connectivity index (χ1v) is 9.98. The summed E-state index contributed by atoms with van der Waals surface area (Å²) in [6.07, 6.45) is 3.57. The molecule has 3 aromatic rings. The van der Waals surface area contributed by atoms with E-state index in [0.29, 0.717) is 35.6 Å². The van der Waals surface area contributed by atoms with Crippen molar-refractivity contribution in [2.75, 3.05) is 0 Å². The number of nitro benzene ring substituents is 1.